The molecule has 2 aromatic rings. The molecule has 0 spiro atoms. The fourth-order valence-corrected chi connectivity index (χ4v) is 1.84. The fourth-order valence-electron chi connectivity index (χ4n) is 1.84. The number of anilines is 1. The molecule has 0 saturated heterocycles. The summed E-state index contributed by atoms with van der Waals surface area (Å²) in [5, 5.41) is 11.4. The standard InChI is InChI=1S/C17H13FN2O3/c18-14-7-5-12(6-8-14)9-17(22)23-11-16(21)20-15-4-2-1-3-13(15)10-19/h1-8H,9,11H2,(H,20,21). The molecule has 0 unspecified atom stereocenters. The number of amides is 1. The van der Waals surface area contributed by atoms with Gasteiger partial charge in [-0.1, -0.05) is 24.3 Å². The largest absolute Gasteiger partial charge is 0.455 e. The fraction of sp³-hybridized carbons (Fsp3) is 0.118. The van der Waals surface area contributed by atoms with Crippen LogP contribution in [0.3, 0.4) is 0 Å². The van der Waals surface area contributed by atoms with Crippen LogP contribution < -0.4 is 5.32 Å². The van der Waals surface area contributed by atoms with Gasteiger partial charge in [0.25, 0.3) is 5.91 Å². The average Bonchev–Trinajstić information content (AvgIpc) is 2.55. The number of hydrogen-bond donors (Lipinski definition) is 1. The van der Waals surface area contributed by atoms with Crippen molar-refractivity contribution in [2.24, 2.45) is 0 Å². The molecular weight excluding hydrogens is 299 g/mol. The molecule has 0 bridgehead atoms. The Bertz CT molecular complexity index is 751. The molecule has 1 N–H and O–H groups in total. The van der Waals surface area contributed by atoms with Crippen LogP contribution in [-0.4, -0.2) is 18.5 Å². The third-order valence-electron chi connectivity index (χ3n) is 2.95. The number of nitriles is 1. The molecule has 2 aromatic carbocycles. The molecule has 0 heterocycles. The molecule has 0 aromatic heterocycles. The molecule has 2 rings (SSSR count). The van der Waals surface area contributed by atoms with E-state index in [2.05, 4.69) is 5.32 Å². The summed E-state index contributed by atoms with van der Waals surface area (Å²) in [5.74, 6) is -1.53. The van der Waals surface area contributed by atoms with Gasteiger partial charge in [-0.2, -0.15) is 5.26 Å². The van der Waals surface area contributed by atoms with Crippen LogP contribution in [0.2, 0.25) is 0 Å². The Kier molecular flexibility index (Phi) is 5.42. The minimum absolute atomic E-state index is 0.0532. The molecule has 23 heavy (non-hydrogen) atoms. The first kappa shape index (κ1) is 16.2. The van der Waals surface area contributed by atoms with E-state index in [4.69, 9.17) is 10.00 Å². The lowest BCUT2D eigenvalue weighted by Gasteiger charge is -2.08. The number of hydrogen-bond acceptors (Lipinski definition) is 4. The second-order valence-corrected chi connectivity index (χ2v) is 4.67. The third-order valence-corrected chi connectivity index (χ3v) is 2.95. The van der Waals surface area contributed by atoms with Crippen LogP contribution in [0.1, 0.15) is 11.1 Å². The van der Waals surface area contributed by atoms with Gasteiger partial charge in [0.05, 0.1) is 17.7 Å². The van der Waals surface area contributed by atoms with E-state index in [9.17, 15) is 14.0 Å². The summed E-state index contributed by atoms with van der Waals surface area (Å²) in [4.78, 5) is 23.4. The highest BCUT2D eigenvalue weighted by atomic mass is 19.1. The second-order valence-electron chi connectivity index (χ2n) is 4.67. The molecule has 0 aliphatic rings. The molecule has 0 radical (unpaired) electrons. The van der Waals surface area contributed by atoms with Gasteiger partial charge in [-0.3, -0.25) is 9.59 Å². The summed E-state index contributed by atoms with van der Waals surface area (Å²) in [7, 11) is 0. The number of nitrogens with one attached hydrogen (secondary N) is 1. The van der Waals surface area contributed by atoms with Gasteiger partial charge in [0, 0.05) is 0 Å². The zero-order chi connectivity index (χ0) is 16.7. The summed E-state index contributed by atoms with van der Waals surface area (Å²) in [5.41, 5.74) is 1.26. The number of carbonyl (C=O) groups is 2. The number of halogens is 1. The van der Waals surface area contributed by atoms with Crippen molar-refractivity contribution in [3.8, 4) is 6.07 Å². The van der Waals surface area contributed by atoms with Gasteiger partial charge >= 0.3 is 5.97 Å². The highest BCUT2D eigenvalue weighted by molar-refractivity contribution is 5.94. The number of nitrogens with zero attached hydrogens (tertiary/aromatic N) is 1. The zero-order valence-electron chi connectivity index (χ0n) is 12.1. The SMILES string of the molecule is N#Cc1ccccc1NC(=O)COC(=O)Cc1ccc(F)cc1. The number of carbonyl (C=O) groups excluding carboxylic acids is 2. The number of rotatable bonds is 5. The first-order valence-electron chi connectivity index (χ1n) is 6.77. The van der Waals surface area contributed by atoms with E-state index in [-0.39, 0.29) is 6.42 Å². The van der Waals surface area contributed by atoms with Crippen LogP contribution in [0, 0.1) is 17.1 Å². The molecular formula is C17H13FN2O3. The predicted octanol–water partition coefficient (Wildman–Crippen LogP) is 2.42. The third kappa shape index (κ3) is 4.93. The van der Waals surface area contributed by atoms with E-state index in [1.54, 1.807) is 24.3 Å². The quantitative estimate of drug-likeness (QED) is 0.860. The van der Waals surface area contributed by atoms with Crippen molar-refractivity contribution in [3.63, 3.8) is 0 Å². The van der Waals surface area contributed by atoms with Gasteiger partial charge in [-0.15, -0.1) is 0 Å². The Balaban J connectivity index is 1.83. The van der Waals surface area contributed by atoms with Gasteiger partial charge in [-0.05, 0) is 29.8 Å². The van der Waals surface area contributed by atoms with Crippen LogP contribution in [0.25, 0.3) is 0 Å². The number of ether oxygens (including phenoxy) is 1. The molecule has 0 fully saturated rings. The maximum Gasteiger partial charge on any atom is 0.310 e. The first-order valence-corrected chi connectivity index (χ1v) is 6.77. The zero-order valence-corrected chi connectivity index (χ0v) is 12.1. The molecule has 0 atom stereocenters. The Morgan fingerprint density at radius 1 is 1.13 bits per heavy atom. The summed E-state index contributed by atoms with van der Waals surface area (Å²) in [6.07, 6.45) is -0.0532. The second kappa shape index (κ2) is 7.71. The van der Waals surface area contributed by atoms with Crippen molar-refractivity contribution in [1.82, 2.24) is 0 Å². The van der Waals surface area contributed by atoms with Crippen molar-refractivity contribution in [1.29, 1.82) is 5.26 Å². The smallest absolute Gasteiger partial charge is 0.310 e. The Morgan fingerprint density at radius 2 is 1.83 bits per heavy atom. The van der Waals surface area contributed by atoms with Gasteiger partial charge in [-0.25, -0.2) is 4.39 Å². The van der Waals surface area contributed by atoms with Gasteiger partial charge in [0.2, 0.25) is 0 Å². The average molecular weight is 312 g/mol. The molecule has 5 nitrogen and oxygen atoms in total. The monoisotopic (exact) mass is 312 g/mol. The lowest BCUT2D eigenvalue weighted by atomic mass is 10.1. The molecule has 6 heteroatoms. The maximum atomic E-state index is 12.8. The van der Waals surface area contributed by atoms with E-state index < -0.39 is 24.3 Å². The molecule has 1 amide bonds. The predicted molar refractivity (Wildman–Crippen MR) is 80.8 cm³/mol. The van der Waals surface area contributed by atoms with E-state index in [1.807, 2.05) is 6.07 Å². The van der Waals surface area contributed by atoms with Crippen molar-refractivity contribution in [3.05, 3.63) is 65.5 Å². The van der Waals surface area contributed by atoms with Crippen molar-refractivity contribution < 1.29 is 18.7 Å². The highest BCUT2D eigenvalue weighted by Crippen LogP contribution is 2.13. The lowest BCUT2D eigenvalue weighted by Crippen LogP contribution is -2.22. The maximum absolute atomic E-state index is 12.8. The number of para-hydroxylation sites is 1. The molecule has 116 valence electrons. The van der Waals surface area contributed by atoms with Crippen molar-refractivity contribution in [2.45, 2.75) is 6.42 Å². The van der Waals surface area contributed by atoms with Gasteiger partial charge < -0.3 is 10.1 Å². The minimum Gasteiger partial charge on any atom is -0.455 e. The summed E-state index contributed by atoms with van der Waals surface area (Å²) in [6, 6.07) is 13.9. The van der Waals surface area contributed by atoms with Crippen molar-refractivity contribution in [2.75, 3.05) is 11.9 Å². The van der Waals surface area contributed by atoms with Crippen LogP contribution >= 0.6 is 0 Å². The summed E-state index contributed by atoms with van der Waals surface area (Å²) < 4.78 is 17.6. The Morgan fingerprint density at radius 3 is 2.52 bits per heavy atom. The number of esters is 1. The van der Waals surface area contributed by atoms with Crippen LogP contribution in [0.5, 0.6) is 0 Å². The lowest BCUT2D eigenvalue weighted by molar-refractivity contribution is -0.146. The molecule has 0 aliphatic carbocycles. The van der Waals surface area contributed by atoms with E-state index in [1.165, 1.54) is 24.3 Å². The topological polar surface area (TPSA) is 79.2 Å². The van der Waals surface area contributed by atoms with Crippen LogP contribution in [0.4, 0.5) is 10.1 Å². The van der Waals surface area contributed by atoms with Crippen LogP contribution in [0.15, 0.2) is 48.5 Å². The van der Waals surface area contributed by atoms with E-state index >= 15 is 0 Å². The van der Waals surface area contributed by atoms with Crippen molar-refractivity contribution >= 4 is 17.6 Å². The van der Waals surface area contributed by atoms with Crippen LogP contribution in [-0.2, 0) is 20.7 Å². The molecule has 0 saturated carbocycles. The highest BCUT2D eigenvalue weighted by Gasteiger charge is 2.10. The Labute approximate surface area is 132 Å². The van der Waals surface area contributed by atoms with Gasteiger partial charge in [0.15, 0.2) is 6.61 Å². The van der Waals surface area contributed by atoms with E-state index in [0.717, 1.165) is 0 Å². The Hall–Kier alpha value is -3.20. The summed E-state index contributed by atoms with van der Waals surface area (Å²) >= 11 is 0. The first-order chi connectivity index (χ1) is 11.1. The normalized spacial score (nSPS) is 9.74. The number of benzene rings is 2. The minimum atomic E-state index is -0.597. The summed E-state index contributed by atoms with van der Waals surface area (Å²) in [6.45, 7) is -0.459. The van der Waals surface area contributed by atoms with Gasteiger partial charge in [0.1, 0.15) is 11.9 Å². The van der Waals surface area contributed by atoms with E-state index in [0.29, 0.717) is 16.8 Å². The molecule has 0 aliphatic heterocycles.